The number of carbonyl (C=O) groups excluding carboxylic acids is 1. The van der Waals surface area contributed by atoms with Crippen LogP contribution in [0.25, 0.3) is 11.1 Å². The van der Waals surface area contributed by atoms with E-state index in [2.05, 4.69) is 53.8 Å². The third-order valence-corrected chi connectivity index (χ3v) is 5.39. The van der Waals surface area contributed by atoms with E-state index in [1.165, 1.54) is 22.3 Å². The molecule has 0 radical (unpaired) electrons. The average Bonchev–Trinajstić information content (AvgIpc) is 3.06. The maximum atomic E-state index is 10.7. The van der Waals surface area contributed by atoms with Crippen LogP contribution in [-0.4, -0.2) is 44.2 Å². The summed E-state index contributed by atoms with van der Waals surface area (Å²) in [6, 6.07) is 17.2. The lowest BCUT2D eigenvalue weighted by atomic mass is 9.93. The summed E-state index contributed by atoms with van der Waals surface area (Å²) >= 11 is 0. The molecule has 28 heavy (non-hydrogen) atoms. The van der Waals surface area contributed by atoms with E-state index in [-0.39, 0.29) is 0 Å². The van der Waals surface area contributed by atoms with Crippen molar-refractivity contribution in [1.82, 2.24) is 5.32 Å². The van der Waals surface area contributed by atoms with Gasteiger partial charge in [0.15, 0.2) is 0 Å². The monoisotopic (exact) mass is 385 g/mol. The van der Waals surface area contributed by atoms with Crippen molar-refractivity contribution >= 4 is 12.8 Å². The molecule has 0 bridgehead atoms. The van der Waals surface area contributed by atoms with E-state index in [1.807, 2.05) is 20.6 Å². The van der Waals surface area contributed by atoms with Crippen molar-refractivity contribution in [3.63, 3.8) is 0 Å². The maximum Gasteiger partial charge on any atom is 0.323 e. The first-order chi connectivity index (χ1) is 13.5. The average molecular weight is 386 g/mol. The van der Waals surface area contributed by atoms with Gasteiger partial charge in [-0.15, -0.1) is 0 Å². The minimum Gasteiger partial charge on any atom is -0.480 e. The summed E-state index contributed by atoms with van der Waals surface area (Å²) in [5.41, 5.74) is 4.80. The Bertz CT molecular complexity index is 702. The van der Waals surface area contributed by atoms with Gasteiger partial charge >= 0.3 is 5.97 Å². The van der Waals surface area contributed by atoms with Crippen LogP contribution in [0, 0.1) is 0 Å². The summed E-state index contributed by atoms with van der Waals surface area (Å²) < 4.78 is 5.34. The number of methoxy groups -OCH3 is 1. The van der Waals surface area contributed by atoms with Crippen molar-refractivity contribution in [1.29, 1.82) is 0 Å². The lowest BCUT2D eigenvalue weighted by Gasteiger charge is -2.25. The molecule has 1 aliphatic carbocycles. The Kier molecular flexibility index (Phi) is 9.56. The molecule has 2 N–H and O–H groups in total. The van der Waals surface area contributed by atoms with Gasteiger partial charge in [0.25, 0.3) is 0 Å². The number of carboxylic acid groups (broad SMARTS) is 1. The first kappa shape index (κ1) is 23.5. The summed E-state index contributed by atoms with van der Waals surface area (Å²) in [5, 5.41) is 11.6. The Labute approximate surface area is 167 Å². The predicted molar refractivity (Wildman–Crippen MR) is 113 cm³/mol. The molecule has 0 heterocycles. The number of carboxylic acids is 1. The number of carbonyl (C=O) groups is 2. The molecule has 0 spiro atoms. The van der Waals surface area contributed by atoms with E-state index >= 15 is 0 Å². The van der Waals surface area contributed by atoms with Gasteiger partial charge in [-0.25, -0.2) is 0 Å². The van der Waals surface area contributed by atoms with Crippen molar-refractivity contribution in [2.24, 2.45) is 0 Å². The second kappa shape index (κ2) is 11.4. The molecule has 0 amide bonds. The van der Waals surface area contributed by atoms with Crippen molar-refractivity contribution < 1.29 is 19.4 Å². The molecule has 152 valence electrons. The van der Waals surface area contributed by atoms with Crippen LogP contribution in [0.4, 0.5) is 0 Å². The topological polar surface area (TPSA) is 75.6 Å². The van der Waals surface area contributed by atoms with Crippen molar-refractivity contribution in [3.05, 3.63) is 59.7 Å². The van der Waals surface area contributed by atoms with E-state index in [4.69, 9.17) is 14.6 Å². The van der Waals surface area contributed by atoms with Crippen molar-refractivity contribution in [2.45, 2.75) is 38.1 Å². The van der Waals surface area contributed by atoms with Gasteiger partial charge in [-0.2, -0.15) is 0 Å². The van der Waals surface area contributed by atoms with E-state index < -0.39 is 11.5 Å². The highest BCUT2D eigenvalue weighted by Gasteiger charge is 2.32. The van der Waals surface area contributed by atoms with Crippen LogP contribution >= 0.6 is 0 Å². The third-order valence-electron chi connectivity index (χ3n) is 5.39. The fraction of sp³-hybridized carbons (Fsp3) is 0.391. The van der Waals surface area contributed by atoms with Gasteiger partial charge < -0.3 is 20.0 Å². The van der Waals surface area contributed by atoms with Crippen LogP contribution in [0.5, 0.6) is 0 Å². The van der Waals surface area contributed by atoms with Crippen molar-refractivity contribution in [2.75, 3.05) is 20.8 Å². The van der Waals surface area contributed by atoms with Gasteiger partial charge in [0.1, 0.15) is 12.3 Å². The molecule has 0 unspecified atom stereocenters. The van der Waals surface area contributed by atoms with Crippen LogP contribution in [0.15, 0.2) is 48.5 Å². The molecule has 3 rings (SSSR count). The zero-order valence-corrected chi connectivity index (χ0v) is 17.2. The normalized spacial score (nSPS) is 12.0. The number of ether oxygens (including phenoxy) is 1. The number of hydrogen-bond donors (Lipinski definition) is 2. The summed E-state index contributed by atoms with van der Waals surface area (Å²) in [6.07, 6.45) is 1.24. The standard InChI is InChI=1S/C15H14O.C7H15NO2.CH2O/c1-16-10-15-13-8-4-2-6-11(13)12-7-3-5-9-14(12)15;1-4-7(5-2,8-3)6(9)10;1-2/h2-9,15H,10H2,1H3;8H,4-5H2,1-3H3,(H,9,10);1H2. The number of benzene rings is 2. The first-order valence-corrected chi connectivity index (χ1v) is 9.42. The number of aliphatic carboxylic acids is 1. The molecule has 0 atom stereocenters. The molecule has 5 heteroatoms. The Morgan fingerprint density at radius 2 is 1.46 bits per heavy atom. The van der Waals surface area contributed by atoms with Crippen LogP contribution in [0.2, 0.25) is 0 Å². The Morgan fingerprint density at radius 3 is 1.75 bits per heavy atom. The van der Waals surface area contributed by atoms with Crippen molar-refractivity contribution in [3.8, 4) is 11.1 Å². The Balaban J connectivity index is 0.000000285. The number of likely N-dealkylation sites (N-methyl/N-ethyl adjacent to an activating group) is 1. The molecule has 2 aromatic rings. The number of hydrogen-bond acceptors (Lipinski definition) is 4. The zero-order valence-electron chi connectivity index (χ0n) is 17.2. The number of fused-ring (bicyclic) bond motifs is 3. The summed E-state index contributed by atoms with van der Waals surface area (Å²) in [4.78, 5) is 18.7. The van der Waals surface area contributed by atoms with Gasteiger partial charge in [0, 0.05) is 13.0 Å². The summed E-state index contributed by atoms with van der Waals surface area (Å²) in [5.74, 6) is -0.364. The SMILES string of the molecule is C=O.CCC(CC)(NC)C(=O)O.COCC1c2ccccc2-c2ccccc21. The minimum absolute atomic E-state index is 0.400. The fourth-order valence-electron chi connectivity index (χ4n) is 3.62. The second-order valence-electron chi connectivity index (χ2n) is 6.53. The quantitative estimate of drug-likeness (QED) is 0.783. The van der Waals surface area contributed by atoms with Gasteiger partial charge in [0.2, 0.25) is 0 Å². The molecule has 0 saturated carbocycles. The molecule has 0 aromatic heterocycles. The third kappa shape index (κ3) is 4.86. The van der Waals surface area contributed by atoms with Gasteiger partial charge in [0.05, 0.1) is 6.61 Å². The van der Waals surface area contributed by atoms with Gasteiger partial charge in [-0.1, -0.05) is 62.4 Å². The van der Waals surface area contributed by atoms with Gasteiger partial charge in [-0.3, -0.25) is 4.79 Å². The number of rotatable bonds is 6. The second-order valence-corrected chi connectivity index (χ2v) is 6.53. The minimum atomic E-state index is -0.764. The van der Waals surface area contributed by atoms with E-state index in [9.17, 15) is 4.79 Å². The highest BCUT2D eigenvalue weighted by Crippen LogP contribution is 2.44. The van der Waals surface area contributed by atoms with E-state index in [1.54, 1.807) is 14.2 Å². The molecular formula is C23H31NO4. The Morgan fingerprint density at radius 1 is 1.04 bits per heavy atom. The smallest absolute Gasteiger partial charge is 0.323 e. The molecule has 2 aromatic carbocycles. The lowest BCUT2D eigenvalue weighted by molar-refractivity contribution is -0.145. The number of nitrogens with one attached hydrogen (secondary N) is 1. The fourth-order valence-corrected chi connectivity index (χ4v) is 3.62. The van der Waals surface area contributed by atoms with Gasteiger partial charge in [-0.05, 0) is 42.1 Å². The summed E-state index contributed by atoms with van der Waals surface area (Å²) in [7, 11) is 3.45. The Hall–Kier alpha value is -2.50. The molecule has 1 aliphatic rings. The molecule has 0 saturated heterocycles. The molecular weight excluding hydrogens is 354 g/mol. The highest BCUT2D eigenvalue weighted by molar-refractivity contribution is 5.79. The molecule has 0 fully saturated rings. The summed E-state index contributed by atoms with van der Waals surface area (Å²) in [6.45, 7) is 6.50. The zero-order chi connectivity index (χ0) is 21.2. The molecule has 5 nitrogen and oxygen atoms in total. The lowest BCUT2D eigenvalue weighted by Crippen LogP contribution is -2.49. The van der Waals surface area contributed by atoms with Crippen LogP contribution < -0.4 is 5.32 Å². The first-order valence-electron chi connectivity index (χ1n) is 9.42. The molecule has 0 aliphatic heterocycles. The van der Waals surface area contributed by atoms with Crippen LogP contribution in [0.3, 0.4) is 0 Å². The predicted octanol–water partition coefficient (Wildman–Crippen LogP) is 4.11. The maximum absolute atomic E-state index is 10.7. The van der Waals surface area contributed by atoms with E-state index in [0.717, 1.165) is 6.61 Å². The highest BCUT2D eigenvalue weighted by atomic mass is 16.5. The van der Waals surface area contributed by atoms with E-state index in [0.29, 0.717) is 18.8 Å². The van der Waals surface area contributed by atoms with Crippen LogP contribution in [0.1, 0.15) is 43.7 Å². The largest absolute Gasteiger partial charge is 0.480 e. The van der Waals surface area contributed by atoms with Crippen LogP contribution in [-0.2, 0) is 14.3 Å².